The van der Waals surface area contributed by atoms with Gasteiger partial charge < -0.3 is 28.6 Å². The molecule has 0 amide bonds. The zero-order valence-corrected chi connectivity index (χ0v) is 28.1. The quantitative estimate of drug-likeness (QED) is 0.0779. The number of aryl methyl sites for hydroxylation is 3. The van der Waals surface area contributed by atoms with Crippen molar-refractivity contribution in [2.45, 2.75) is 123 Å². The van der Waals surface area contributed by atoms with Crippen molar-refractivity contribution in [3.63, 3.8) is 0 Å². The molecule has 1 heterocycles. The molecule has 0 bridgehead atoms. The topological polar surface area (TPSA) is 119 Å². The Bertz CT molecular complexity index is 975. The monoisotopic (exact) mass is 630 g/mol. The van der Waals surface area contributed by atoms with Gasteiger partial charge in [0.25, 0.3) is 0 Å². The summed E-state index contributed by atoms with van der Waals surface area (Å²) in [6.07, 6.45) is 9.41. The van der Waals surface area contributed by atoms with Gasteiger partial charge in [-0.05, 0) is 64.2 Å². The van der Waals surface area contributed by atoms with Crippen LogP contribution in [0, 0.1) is 20.8 Å². The third-order valence-electron chi connectivity index (χ3n) is 7.44. The maximum atomic E-state index is 12.1. The van der Waals surface area contributed by atoms with Crippen molar-refractivity contribution in [3.8, 4) is 0 Å². The van der Waals surface area contributed by atoms with Crippen molar-refractivity contribution < 1.29 is 47.0 Å². The van der Waals surface area contributed by atoms with Crippen LogP contribution < -0.4 is 0 Å². The Morgan fingerprint density at radius 2 is 1.58 bits per heavy atom. The number of rotatable bonds is 23. The zero-order chi connectivity index (χ0) is 31.7. The number of methoxy groups -OCH3 is 1. The third kappa shape index (κ3) is 16.5. The highest BCUT2D eigenvalue weighted by Gasteiger charge is 2.35. The first-order chi connectivity index (χ1) is 20.4. The van der Waals surface area contributed by atoms with E-state index in [1.807, 2.05) is 0 Å². The molecule has 1 aliphatic heterocycles. The molecule has 10 nitrogen and oxygen atoms in total. The molecular formula is C32H55O10P. The molecule has 0 aliphatic carbocycles. The maximum Gasteiger partial charge on any atom is 0.472 e. The summed E-state index contributed by atoms with van der Waals surface area (Å²) in [5, 5.41) is 0. The summed E-state index contributed by atoms with van der Waals surface area (Å²) in [4.78, 5) is 22.0. The van der Waals surface area contributed by atoms with Crippen LogP contribution in [0.2, 0.25) is 0 Å². The molecule has 0 spiro atoms. The zero-order valence-electron chi connectivity index (χ0n) is 27.2. The summed E-state index contributed by atoms with van der Waals surface area (Å²) in [6.45, 7) is 11.0. The minimum absolute atomic E-state index is 0.100. The van der Waals surface area contributed by atoms with Crippen LogP contribution in [0.15, 0.2) is 12.1 Å². The second-order valence-electron chi connectivity index (χ2n) is 11.9. The number of phosphoric ester groups is 1. The predicted molar refractivity (Wildman–Crippen MR) is 165 cm³/mol. The van der Waals surface area contributed by atoms with Gasteiger partial charge in [0, 0.05) is 20.1 Å². The molecule has 248 valence electrons. The number of hydrogen-bond acceptors (Lipinski definition) is 9. The smallest absolute Gasteiger partial charge is 0.461 e. The lowest BCUT2D eigenvalue weighted by molar-refractivity contribution is -0.145. The number of carbonyl (C=O) groups is 1. The summed E-state index contributed by atoms with van der Waals surface area (Å²) in [6, 6.07) is 4.26. The first-order valence-electron chi connectivity index (χ1n) is 15.7. The van der Waals surface area contributed by atoms with E-state index in [9.17, 15) is 14.3 Å². The van der Waals surface area contributed by atoms with Gasteiger partial charge in [-0.25, -0.2) is 4.57 Å². The van der Waals surface area contributed by atoms with Crippen molar-refractivity contribution in [1.82, 2.24) is 0 Å². The second kappa shape index (κ2) is 19.9. The van der Waals surface area contributed by atoms with E-state index < -0.39 is 25.8 Å². The van der Waals surface area contributed by atoms with Crippen LogP contribution in [-0.2, 0) is 48.7 Å². The first kappa shape index (κ1) is 37.8. The van der Waals surface area contributed by atoms with Crippen molar-refractivity contribution in [3.05, 3.63) is 34.4 Å². The van der Waals surface area contributed by atoms with Gasteiger partial charge in [-0.2, -0.15) is 0 Å². The summed E-state index contributed by atoms with van der Waals surface area (Å²) < 4.78 is 49.7. The highest BCUT2D eigenvalue weighted by atomic mass is 31.2. The van der Waals surface area contributed by atoms with Gasteiger partial charge in [0.05, 0.1) is 26.4 Å². The van der Waals surface area contributed by atoms with Gasteiger partial charge >= 0.3 is 13.8 Å². The van der Waals surface area contributed by atoms with E-state index in [1.165, 1.54) is 43.1 Å². The third-order valence-corrected chi connectivity index (χ3v) is 8.39. The van der Waals surface area contributed by atoms with E-state index in [4.69, 9.17) is 32.7 Å². The summed E-state index contributed by atoms with van der Waals surface area (Å²) in [5.41, 5.74) is 4.69. The Hall–Kier alpha value is -1.36. The van der Waals surface area contributed by atoms with Gasteiger partial charge in [-0.1, -0.05) is 62.6 Å². The molecule has 0 aromatic heterocycles. The number of hydrogen-bond donors (Lipinski definition) is 1. The molecule has 0 radical (unpaired) electrons. The lowest BCUT2D eigenvalue weighted by Crippen LogP contribution is -2.25. The van der Waals surface area contributed by atoms with Crippen molar-refractivity contribution in [2.75, 3.05) is 40.1 Å². The summed E-state index contributed by atoms with van der Waals surface area (Å²) >= 11 is 0. The molecule has 0 saturated carbocycles. The van der Waals surface area contributed by atoms with Gasteiger partial charge in [-0.15, -0.1) is 0 Å². The summed E-state index contributed by atoms with van der Waals surface area (Å²) in [7, 11) is -2.73. The first-order valence-corrected chi connectivity index (χ1v) is 17.2. The van der Waals surface area contributed by atoms with Crippen LogP contribution in [0.5, 0.6) is 0 Å². The normalized spacial score (nSPS) is 18.4. The largest absolute Gasteiger partial charge is 0.472 e. The average Bonchev–Trinajstić information content (AvgIpc) is 3.29. The Morgan fingerprint density at radius 1 is 0.977 bits per heavy atom. The molecule has 1 aromatic rings. The Balaban J connectivity index is 1.39. The molecule has 2 rings (SSSR count). The molecule has 1 aliphatic rings. The van der Waals surface area contributed by atoms with Crippen LogP contribution in [0.3, 0.4) is 0 Å². The molecule has 1 N–H and O–H groups in total. The summed E-state index contributed by atoms with van der Waals surface area (Å²) in [5.74, 6) is -0.840. The second-order valence-corrected chi connectivity index (χ2v) is 13.4. The number of phosphoric acid groups is 1. The van der Waals surface area contributed by atoms with Crippen LogP contribution >= 0.6 is 7.82 Å². The van der Waals surface area contributed by atoms with Crippen LogP contribution in [0.25, 0.3) is 0 Å². The van der Waals surface area contributed by atoms with Crippen molar-refractivity contribution in [1.29, 1.82) is 0 Å². The Morgan fingerprint density at radius 3 is 2.16 bits per heavy atom. The Kier molecular flexibility index (Phi) is 17.5. The number of ether oxygens (including phenoxy) is 5. The van der Waals surface area contributed by atoms with E-state index in [1.54, 1.807) is 13.8 Å². The fourth-order valence-electron chi connectivity index (χ4n) is 5.01. The maximum absolute atomic E-state index is 12.1. The van der Waals surface area contributed by atoms with E-state index in [-0.39, 0.29) is 32.4 Å². The van der Waals surface area contributed by atoms with E-state index in [0.29, 0.717) is 19.6 Å². The molecule has 3 unspecified atom stereocenters. The van der Waals surface area contributed by atoms with Gasteiger partial charge in [0.2, 0.25) is 0 Å². The lowest BCUT2D eigenvalue weighted by atomic mass is 10.0. The SMILES string of the molecule is COC(COCCCCCCCCCCCC(=O)OCc1c(C)cc(C)cc1C)COP(=O)(O)OCC1COC(C)(C)O1. The number of carbonyl (C=O) groups excluding carboxylic acids is 1. The molecular weight excluding hydrogens is 575 g/mol. The molecule has 3 atom stereocenters. The average molecular weight is 631 g/mol. The molecule has 1 fully saturated rings. The molecule has 11 heteroatoms. The minimum atomic E-state index is -4.24. The number of benzene rings is 1. The highest BCUT2D eigenvalue weighted by molar-refractivity contribution is 7.47. The van der Waals surface area contributed by atoms with Crippen LogP contribution in [-0.4, -0.2) is 69.0 Å². The van der Waals surface area contributed by atoms with Gasteiger partial charge in [0.1, 0.15) is 18.8 Å². The molecule has 43 heavy (non-hydrogen) atoms. The van der Waals surface area contributed by atoms with Gasteiger partial charge in [0.15, 0.2) is 5.79 Å². The van der Waals surface area contributed by atoms with Gasteiger partial charge in [-0.3, -0.25) is 13.8 Å². The highest BCUT2D eigenvalue weighted by Crippen LogP contribution is 2.44. The molecule has 1 aromatic carbocycles. The fraction of sp³-hybridized carbons (Fsp3) is 0.781. The van der Waals surface area contributed by atoms with Crippen LogP contribution in [0.1, 0.15) is 100 Å². The van der Waals surface area contributed by atoms with Crippen molar-refractivity contribution >= 4 is 13.8 Å². The van der Waals surface area contributed by atoms with Crippen LogP contribution in [0.4, 0.5) is 0 Å². The van der Waals surface area contributed by atoms with Crippen molar-refractivity contribution in [2.24, 2.45) is 0 Å². The van der Waals surface area contributed by atoms with E-state index >= 15 is 0 Å². The lowest BCUT2D eigenvalue weighted by Gasteiger charge is -2.20. The van der Waals surface area contributed by atoms with E-state index in [2.05, 4.69) is 32.9 Å². The number of unbranched alkanes of at least 4 members (excludes halogenated alkanes) is 8. The molecule has 1 saturated heterocycles. The standard InChI is InChI=1S/C32H55O10P/c1-25-18-26(2)30(27(3)19-25)24-38-31(33)16-14-12-10-8-7-9-11-13-15-17-37-20-28(36-6)22-40-43(34,35)41-23-29-21-39-32(4,5)42-29/h18-19,28-29H,7-17,20-24H2,1-6H3,(H,34,35). The number of esters is 1. The predicted octanol–water partition coefficient (Wildman–Crippen LogP) is 6.87. The van der Waals surface area contributed by atoms with E-state index in [0.717, 1.165) is 44.1 Å². The Labute approximate surface area is 258 Å². The fourth-order valence-corrected chi connectivity index (χ4v) is 5.79. The minimum Gasteiger partial charge on any atom is -0.461 e.